The van der Waals surface area contributed by atoms with E-state index in [0.29, 0.717) is 11.4 Å². The van der Waals surface area contributed by atoms with E-state index in [1.807, 2.05) is 25.3 Å². The number of hydrogen-bond donors (Lipinski definition) is 0. The van der Waals surface area contributed by atoms with Gasteiger partial charge in [-0.15, -0.1) is 0 Å². The number of hydrogen-bond acceptors (Lipinski definition) is 3. The molecule has 126 valence electrons. The fourth-order valence-electron chi connectivity index (χ4n) is 2.31. The van der Waals surface area contributed by atoms with Crippen LogP contribution >= 0.6 is 0 Å². The summed E-state index contributed by atoms with van der Waals surface area (Å²) in [5, 5.41) is 4.18. The lowest BCUT2D eigenvalue weighted by Crippen LogP contribution is -2.26. The van der Waals surface area contributed by atoms with Crippen LogP contribution in [-0.2, 0) is 28.5 Å². The zero-order valence-corrected chi connectivity index (χ0v) is 15.3. The van der Waals surface area contributed by atoms with Gasteiger partial charge in [0.15, 0.2) is 0 Å². The number of aromatic nitrogens is 2. The van der Waals surface area contributed by atoms with Crippen LogP contribution in [0.2, 0.25) is 0 Å². The maximum atomic E-state index is 12.7. The summed E-state index contributed by atoms with van der Waals surface area (Å²) in [6.45, 7) is 9.39. The van der Waals surface area contributed by atoms with Crippen LogP contribution in [-0.4, -0.2) is 29.6 Å². The lowest BCUT2D eigenvalue weighted by molar-refractivity contribution is 0.466. The van der Waals surface area contributed by atoms with Crippen LogP contribution in [0.3, 0.4) is 0 Å². The van der Waals surface area contributed by atoms with Crippen molar-refractivity contribution >= 4 is 10.0 Å². The first kappa shape index (κ1) is 17.7. The van der Waals surface area contributed by atoms with Crippen molar-refractivity contribution in [3.63, 3.8) is 0 Å². The Bertz CT molecular complexity index is 756. The Labute approximate surface area is 139 Å². The molecule has 0 amide bonds. The number of benzene rings is 1. The van der Waals surface area contributed by atoms with Gasteiger partial charge in [-0.1, -0.05) is 32.9 Å². The van der Waals surface area contributed by atoms with Crippen molar-refractivity contribution in [1.29, 1.82) is 0 Å². The fourth-order valence-corrected chi connectivity index (χ4v) is 3.47. The van der Waals surface area contributed by atoms with Crippen LogP contribution in [0.5, 0.6) is 0 Å². The van der Waals surface area contributed by atoms with E-state index in [-0.39, 0.29) is 5.41 Å². The van der Waals surface area contributed by atoms with E-state index >= 15 is 0 Å². The molecule has 0 aliphatic carbocycles. The summed E-state index contributed by atoms with van der Waals surface area (Å²) in [5.74, 6) is 0. The molecule has 23 heavy (non-hydrogen) atoms. The first-order valence-electron chi connectivity index (χ1n) is 7.73. The van der Waals surface area contributed by atoms with Crippen molar-refractivity contribution in [3.8, 4) is 0 Å². The third kappa shape index (κ3) is 4.00. The van der Waals surface area contributed by atoms with Crippen LogP contribution in [0, 0.1) is 0 Å². The highest BCUT2D eigenvalue weighted by Crippen LogP contribution is 2.24. The molecule has 2 rings (SSSR count). The molecule has 0 bridgehead atoms. The third-order valence-corrected chi connectivity index (χ3v) is 5.66. The predicted molar refractivity (Wildman–Crippen MR) is 91.7 cm³/mol. The second-order valence-electron chi connectivity index (χ2n) is 6.74. The largest absolute Gasteiger partial charge is 0.273 e. The highest BCUT2D eigenvalue weighted by Gasteiger charge is 2.22. The number of aryl methyl sites for hydroxylation is 1. The lowest BCUT2D eigenvalue weighted by atomic mass is 9.87. The summed E-state index contributed by atoms with van der Waals surface area (Å²) < 4.78 is 28.5. The van der Waals surface area contributed by atoms with Crippen LogP contribution in [0.1, 0.15) is 38.8 Å². The van der Waals surface area contributed by atoms with Gasteiger partial charge in [-0.25, -0.2) is 8.42 Å². The molecular formula is C17H25N3O2S. The fraction of sp³-hybridized carbons (Fsp3) is 0.471. The van der Waals surface area contributed by atoms with Gasteiger partial charge in [-0.2, -0.15) is 9.40 Å². The Balaban J connectivity index is 2.19. The first-order valence-corrected chi connectivity index (χ1v) is 9.17. The number of rotatable bonds is 5. The molecule has 6 heteroatoms. The van der Waals surface area contributed by atoms with Crippen molar-refractivity contribution in [2.24, 2.45) is 0 Å². The minimum absolute atomic E-state index is 0.00291. The van der Waals surface area contributed by atoms with Gasteiger partial charge in [-0.3, -0.25) is 4.68 Å². The molecule has 0 saturated carbocycles. The van der Waals surface area contributed by atoms with E-state index in [1.54, 1.807) is 30.1 Å². The molecule has 1 heterocycles. The predicted octanol–water partition coefficient (Wildman–Crippen LogP) is 3.02. The number of nitrogens with zero attached hydrogens (tertiary/aromatic N) is 3. The van der Waals surface area contributed by atoms with Gasteiger partial charge >= 0.3 is 0 Å². The topological polar surface area (TPSA) is 55.2 Å². The molecule has 0 unspecified atom stereocenters. The Morgan fingerprint density at radius 3 is 2.26 bits per heavy atom. The molecule has 0 spiro atoms. The van der Waals surface area contributed by atoms with Crippen molar-refractivity contribution in [2.45, 2.75) is 51.1 Å². The zero-order valence-electron chi connectivity index (χ0n) is 14.4. The van der Waals surface area contributed by atoms with Crippen LogP contribution in [0.4, 0.5) is 0 Å². The van der Waals surface area contributed by atoms with Crippen molar-refractivity contribution in [2.75, 3.05) is 7.05 Å². The summed E-state index contributed by atoms with van der Waals surface area (Å²) in [7, 11) is -1.91. The summed E-state index contributed by atoms with van der Waals surface area (Å²) in [6, 6.07) is 7.13. The minimum atomic E-state index is -3.50. The average molecular weight is 335 g/mol. The maximum absolute atomic E-state index is 12.7. The second kappa shape index (κ2) is 6.45. The van der Waals surface area contributed by atoms with Gasteiger partial charge in [0, 0.05) is 31.9 Å². The molecule has 1 aromatic heterocycles. The van der Waals surface area contributed by atoms with Crippen LogP contribution in [0.15, 0.2) is 41.6 Å². The van der Waals surface area contributed by atoms with E-state index in [1.165, 1.54) is 4.31 Å². The van der Waals surface area contributed by atoms with Crippen molar-refractivity contribution < 1.29 is 8.42 Å². The maximum Gasteiger partial charge on any atom is 0.243 e. The normalized spacial score (nSPS) is 12.8. The highest BCUT2D eigenvalue weighted by atomic mass is 32.2. The summed E-state index contributed by atoms with van der Waals surface area (Å²) in [5.41, 5.74) is 2.00. The quantitative estimate of drug-likeness (QED) is 0.844. The van der Waals surface area contributed by atoms with E-state index in [9.17, 15) is 8.42 Å². The average Bonchev–Trinajstić information content (AvgIpc) is 2.94. The Morgan fingerprint density at radius 1 is 1.17 bits per heavy atom. The molecular weight excluding hydrogens is 310 g/mol. The van der Waals surface area contributed by atoms with E-state index in [4.69, 9.17) is 0 Å². The Morgan fingerprint density at radius 2 is 1.78 bits per heavy atom. The molecule has 0 aliphatic rings. The Hall–Kier alpha value is -1.66. The summed E-state index contributed by atoms with van der Waals surface area (Å²) in [4.78, 5) is 0.316. The Kier molecular flexibility index (Phi) is 4.96. The van der Waals surface area contributed by atoms with Gasteiger partial charge in [0.05, 0.1) is 11.1 Å². The monoisotopic (exact) mass is 335 g/mol. The summed E-state index contributed by atoms with van der Waals surface area (Å²) >= 11 is 0. The SMILES string of the molecule is CCn1cc(CN(C)S(=O)(=O)c2ccc(C(C)(C)C)cc2)cn1. The highest BCUT2D eigenvalue weighted by molar-refractivity contribution is 7.89. The van der Waals surface area contributed by atoms with Crippen molar-refractivity contribution in [3.05, 3.63) is 47.8 Å². The summed E-state index contributed by atoms with van der Waals surface area (Å²) in [6.07, 6.45) is 3.58. The third-order valence-electron chi connectivity index (χ3n) is 3.84. The molecule has 2 aromatic rings. The van der Waals surface area contributed by atoms with E-state index in [0.717, 1.165) is 17.7 Å². The zero-order chi connectivity index (χ0) is 17.3. The van der Waals surface area contributed by atoms with Crippen molar-refractivity contribution in [1.82, 2.24) is 14.1 Å². The standard InChI is InChI=1S/C17H25N3O2S/c1-6-20-13-14(11-18-20)12-19(5)23(21,22)16-9-7-15(8-10-16)17(2,3)4/h7-11,13H,6,12H2,1-5H3. The smallest absolute Gasteiger partial charge is 0.243 e. The molecule has 0 fully saturated rings. The van der Waals surface area contributed by atoms with E-state index < -0.39 is 10.0 Å². The molecule has 1 aromatic carbocycles. The van der Waals surface area contributed by atoms with Gasteiger partial charge < -0.3 is 0 Å². The van der Waals surface area contributed by atoms with Gasteiger partial charge in [0.25, 0.3) is 0 Å². The molecule has 0 saturated heterocycles. The van der Waals surface area contributed by atoms with Gasteiger partial charge in [0.1, 0.15) is 0 Å². The van der Waals surface area contributed by atoms with Gasteiger partial charge in [-0.05, 0) is 30.0 Å². The minimum Gasteiger partial charge on any atom is -0.273 e. The molecule has 5 nitrogen and oxygen atoms in total. The van der Waals surface area contributed by atoms with Crippen LogP contribution < -0.4 is 0 Å². The first-order chi connectivity index (χ1) is 10.6. The lowest BCUT2D eigenvalue weighted by Gasteiger charge is -2.20. The van der Waals surface area contributed by atoms with E-state index in [2.05, 4.69) is 25.9 Å². The molecule has 0 radical (unpaired) electrons. The van der Waals surface area contributed by atoms with Crippen LogP contribution in [0.25, 0.3) is 0 Å². The van der Waals surface area contributed by atoms with Gasteiger partial charge in [0.2, 0.25) is 10.0 Å². The molecule has 0 N–H and O–H groups in total. The second-order valence-corrected chi connectivity index (χ2v) is 8.78. The molecule has 0 atom stereocenters. The molecule has 0 aliphatic heterocycles. The number of sulfonamides is 1.